The molecular weight excluding hydrogens is 476 g/mol. The van der Waals surface area contributed by atoms with E-state index in [1.54, 1.807) is 37.3 Å². The lowest BCUT2D eigenvalue weighted by Crippen LogP contribution is -2.38. The number of anilines is 2. The van der Waals surface area contributed by atoms with E-state index in [1.165, 1.54) is 30.3 Å². The third kappa shape index (κ3) is 5.76. The second-order valence-electron chi connectivity index (χ2n) is 7.27. The maximum absolute atomic E-state index is 13.5. The highest BCUT2D eigenvalue weighted by Gasteiger charge is 2.28. The lowest BCUT2D eigenvalue weighted by molar-refractivity contribution is -0.114. The van der Waals surface area contributed by atoms with Gasteiger partial charge in [-0.05, 0) is 55.3 Å². The number of amides is 1. The molecule has 0 fully saturated rings. The zero-order chi connectivity index (χ0) is 24.7. The Morgan fingerprint density at radius 2 is 1.65 bits per heavy atom. The number of nitrogens with zero attached hydrogens (tertiary/aromatic N) is 1. The average molecular weight is 501 g/mol. The van der Waals surface area contributed by atoms with Gasteiger partial charge in [-0.15, -0.1) is 0 Å². The molecule has 3 aromatic carbocycles. The van der Waals surface area contributed by atoms with Crippen molar-refractivity contribution < 1.29 is 22.7 Å². The largest absolute Gasteiger partial charge is 0.462 e. The molecule has 0 atom stereocenters. The Morgan fingerprint density at radius 1 is 0.971 bits per heavy atom. The van der Waals surface area contributed by atoms with E-state index in [0.29, 0.717) is 17.8 Å². The first-order valence-electron chi connectivity index (χ1n) is 10.7. The lowest BCUT2D eigenvalue weighted by atomic mass is 10.1. The molecule has 9 heteroatoms. The molecule has 3 rings (SSSR count). The summed E-state index contributed by atoms with van der Waals surface area (Å²) in [6.45, 7) is 3.36. The first-order valence-corrected chi connectivity index (χ1v) is 12.5. The zero-order valence-electron chi connectivity index (χ0n) is 18.8. The van der Waals surface area contributed by atoms with Crippen molar-refractivity contribution in [1.82, 2.24) is 0 Å². The number of hydrogen-bond acceptors (Lipinski definition) is 5. The van der Waals surface area contributed by atoms with Crippen molar-refractivity contribution in [2.24, 2.45) is 0 Å². The molecule has 0 aliphatic carbocycles. The number of benzene rings is 3. The third-order valence-corrected chi connectivity index (χ3v) is 7.09. The van der Waals surface area contributed by atoms with Gasteiger partial charge < -0.3 is 10.1 Å². The molecule has 0 bridgehead atoms. The second-order valence-corrected chi connectivity index (χ2v) is 9.54. The molecule has 0 radical (unpaired) electrons. The Hall–Kier alpha value is -3.36. The molecule has 178 valence electrons. The summed E-state index contributed by atoms with van der Waals surface area (Å²) in [5.74, 6) is -1.13. The molecule has 0 spiro atoms. The Morgan fingerprint density at radius 3 is 2.29 bits per heavy atom. The first kappa shape index (κ1) is 25.3. The maximum atomic E-state index is 13.5. The van der Waals surface area contributed by atoms with E-state index in [1.807, 2.05) is 19.1 Å². The predicted molar refractivity (Wildman–Crippen MR) is 133 cm³/mol. The van der Waals surface area contributed by atoms with Crippen molar-refractivity contribution in [3.63, 3.8) is 0 Å². The fourth-order valence-electron chi connectivity index (χ4n) is 3.37. The van der Waals surface area contributed by atoms with E-state index in [0.717, 1.165) is 9.87 Å². The number of sulfonamides is 1. The molecule has 0 aliphatic heterocycles. The standard InChI is InChI=1S/C25H25ClN2O5S/c1-3-18-10-8-9-13-23(18)28(34(31,32)20-11-6-5-7-12-20)17-24(29)27-19-14-15-21(22(26)16-19)25(30)33-4-2/h5-16H,3-4,17H2,1-2H3,(H,27,29). The summed E-state index contributed by atoms with van der Waals surface area (Å²) in [4.78, 5) is 25.0. The van der Waals surface area contributed by atoms with Crippen LogP contribution in [0.2, 0.25) is 5.02 Å². The fourth-order valence-corrected chi connectivity index (χ4v) is 5.11. The minimum absolute atomic E-state index is 0.0792. The van der Waals surface area contributed by atoms with Crippen LogP contribution in [0, 0.1) is 0 Å². The average Bonchev–Trinajstić information content (AvgIpc) is 2.83. The summed E-state index contributed by atoms with van der Waals surface area (Å²) in [6.07, 6.45) is 0.587. The van der Waals surface area contributed by atoms with E-state index in [-0.39, 0.29) is 22.1 Å². The number of hydrogen-bond donors (Lipinski definition) is 1. The Bertz CT molecular complexity index is 1280. The lowest BCUT2D eigenvalue weighted by Gasteiger charge is -2.26. The van der Waals surface area contributed by atoms with Gasteiger partial charge in [0.15, 0.2) is 0 Å². The second kappa shape index (κ2) is 11.2. The summed E-state index contributed by atoms with van der Waals surface area (Å²) in [5.41, 5.74) is 1.71. The smallest absolute Gasteiger partial charge is 0.339 e. The minimum Gasteiger partial charge on any atom is -0.462 e. The minimum atomic E-state index is -4.02. The van der Waals surface area contributed by atoms with Crippen LogP contribution in [0.3, 0.4) is 0 Å². The van der Waals surface area contributed by atoms with Crippen LogP contribution >= 0.6 is 11.6 Å². The Labute approximate surface area is 204 Å². The molecule has 0 aromatic heterocycles. The van der Waals surface area contributed by atoms with Crippen molar-refractivity contribution in [3.8, 4) is 0 Å². The molecule has 0 saturated heterocycles. The highest BCUT2D eigenvalue weighted by Crippen LogP contribution is 2.28. The number of rotatable bonds is 9. The van der Waals surface area contributed by atoms with Gasteiger partial charge in [0.1, 0.15) is 6.54 Å². The van der Waals surface area contributed by atoms with Crippen LogP contribution in [0.15, 0.2) is 77.7 Å². The number of carbonyl (C=O) groups excluding carboxylic acids is 2. The molecule has 1 N–H and O–H groups in total. The van der Waals surface area contributed by atoms with Gasteiger partial charge in [0, 0.05) is 5.69 Å². The SMILES string of the molecule is CCOC(=O)c1ccc(NC(=O)CN(c2ccccc2CC)S(=O)(=O)c2ccccc2)cc1Cl. The topological polar surface area (TPSA) is 92.8 Å². The van der Waals surface area contributed by atoms with Crippen molar-refractivity contribution in [2.75, 3.05) is 22.8 Å². The number of nitrogens with one attached hydrogen (secondary N) is 1. The van der Waals surface area contributed by atoms with Gasteiger partial charge in [-0.2, -0.15) is 0 Å². The monoisotopic (exact) mass is 500 g/mol. The molecule has 3 aromatic rings. The molecule has 7 nitrogen and oxygen atoms in total. The molecule has 0 saturated carbocycles. The summed E-state index contributed by atoms with van der Waals surface area (Å²) in [5, 5.41) is 2.77. The number of ether oxygens (including phenoxy) is 1. The van der Waals surface area contributed by atoms with Crippen LogP contribution in [0.4, 0.5) is 11.4 Å². The van der Waals surface area contributed by atoms with Crippen LogP contribution in [0.25, 0.3) is 0 Å². The van der Waals surface area contributed by atoms with Gasteiger partial charge in [0.25, 0.3) is 10.0 Å². The quantitative estimate of drug-likeness (QED) is 0.421. The van der Waals surface area contributed by atoms with E-state index in [2.05, 4.69) is 5.32 Å². The predicted octanol–water partition coefficient (Wildman–Crippen LogP) is 4.91. The first-order chi connectivity index (χ1) is 16.3. The Balaban J connectivity index is 1.91. The van der Waals surface area contributed by atoms with Crippen molar-refractivity contribution in [1.29, 1.82) is 0 Å². The van der Waals surface area contributed by atoms with E-state index < -0.39 is 28.4 Å². The Kier molecular flexibility index (Phi) is 8.31. The van der Waals surface area contributed by atoms with E-state index in [4.69, 9.17) is 16.3 Å². The van der Waals surface area contributed by atoms with Crippen molar-refractivity contribution in [3.05, 3.63) is 88.9 Å². The number of carbonyl (C=O) groups is 2. The van der Waals surface area contributed by atoms with Gasteiger partial charge in [0.2, 0.25) is 5.91 Å². The van der Waals surface area contributed by atoms with Gasteiger partial charge in [-0.1, -0.05) is 54.9 Å². The van der Waals surface area contributed by atoms with Gasteiger partial charge in [-0.3, -0.25) is 9.10 Å². The summed E-state index contributed by atoms with van der Waals surface area (Å²) in [6, 6.07) is 19.4. The van der Waals surface area contributed by atoms with Gasteiger partial charge in [-0.25, -0.2) is 13.2 Å². The summed E-state index contributed by atoms with van der Waals surface area (Å²) in [7, 11) is -4.02. The van der Waals surface area contributed by atoms with Crippen LogP contribution in [-0.4, -0.2) is 33.4 Å². The molecular formula is C25H25ClN2O5S. The highest BCUT2D eigenvalue weighted by atomic mass is 35.5. The molecule has 0 aliphatic rings. The number of para-hydroxylation sites is 1. The molecule has 1 amide bonds. The number of aryl methyl sites for hydroxylation is 1. The third-order valence-electron chi connectivity index (χ3n) is 5.01. The molecule has 0 heterocycles. The van der Waals surface area contributed by atoms with Crippen LogP contribution in [0.1, 0.15) is 29.8 Å². The zero-order valence-corrected chi connectivity index (χ0v) is 20.4. The molecule has 0 unspecified atom stereocenters. The summed E-state index contributed by atoms with van der Waals surface area (Å²) >= 11 is 6.18. The highest BCUT2D eigenvalue weighted by molar-refractivity contribution is 7.92. The molecule has 34 heavy (non-hydrogen) atoms. The normalized spacial score (nSPS) is 11.0. The van der Waals surface area contributed by atoms with Crippen LogP contribution in [0.5, 0.6) is 0 Å². The number of esters is 1. The van der Waals surface area contributed by atoms with Crippen molar-refractivity contribution >= 4 is 44.9 Å². The summed E-state index contributed by atoms with van der Waals surface area (Å²) < 4.78 is 33.0. The van der Waals surface area contributed by atoms with E-state index in [9.17, 15) is 18.0 Å². The van der Waals surface area contributed by atoms with Crippen LogP contribution < -0.4 is 9.62 Å². The van der Waals surface area contributed by atoms with Crippen molar-refractivity contribution in [2.45, 2.75) is 25.2 Å². The van der Waals surface area contributed by atoms with Gasteiger partial charge in [0.05, 0.1) is 27.8 Å². The maximum Gasteiger partial charge on any atom is 0.339 e. The van der Waals surface area contributed by atoms with Crippen LogP contribution in [-0.2, 0) is 26.0 Å². The van der Waals surface area contributed by atoms with Gasteiger partial charge >= 0.3 is 5.97 Å². The van der Waals surface area contributed by atoms with E-state index >= 15 is 0 Å². The number of halogens is 1. The fraction of sp³-hybridized carbons (Fsp3) is 0.200.